The van der Waals surface area contributed by atoms with Crippen molar-refractivity contribution in [2.24, 2.45) is 0 Å². The second-order valence-corrected chi connectivity index (χ2v) is 6.20. The topological polar surface area (TPSA) is 70.2 Å². The molecule has 0 aliphatic heterocycles. The van der Waals surface area contributed by atoms with Crippen LogP contribution in [0, 0.1) is 0 Å². The van der Waals surface area contributed by atoms with E-state index < -0.39 is 0 Å². The SMILES string of the molecule is CCC(NI)Nc1ccc(NC)c2c1C(=O)c1ccccc1C2=O. The molecule has 1 aliphatic carbocycles. The number of benzene rings is 2. The van der Waals surface area contributed by atoms with E-state index in [1.807, 2.05) is 19.1 Å². The molecule has 1 unspecified atom stereocenters. The Morgan fingerprint density at radius 1 is 0.958 bits per heavy atom. The van der Waals surface area contributed by atoms with E-state index in [2.05, 4.69) is 37.0 Å². The highest BCUT2D eigenvalue weighted by molar-refractivity contribution is 14.1. The Labute approximate surface area is 154 Å². The Kier molecular flexibility index (Phi) is 4.86. The van der Waals surface area contributed by atoms with Crippen LogP contribution >= 0.6 is 22.9 Å². The summed E-state index contributed by atoms with van der Waals surface area (Å²) < 4.78 is 3.13. The molecule has 0 radical (unpaired) electrons. The zero-order valence-corrected chi connectivity index (χ0v) is 15.6. The molecule has 5 nitrogen and oxygen atoms in total. The first-order valence-electron chi connectivity index (χ1n) is 7.78. The average molecular weight is 435 g/mol. The summed E-state index contributed by atoms with van der Waals surface area (Å²) in [5, 5.41) is 6.35. The van der Waals surface area contributed by atoms with Crippen LogP contribution in [0.1, 0.15) is 45.2 Å². The summed E-state index contributed by atoms with van der Waals surface area (Å²) in [4.78, 5) is 26.0. The first kappa shape index (κ1) is 16.9. The summed E-state index contributed by atoms with van der Waals surface area (Å²) >= 11 is 2.08. The number of carbonyl (C=O) groups excluding carboxylic acids is 2. The van der Waals surface area contributed by atoms with Crippen LogP contribution in [0.5, 0.6) is 0 Å². The van der Waals surface area contributed by atoms with Gasteiger partial charge in [0.1, 0.15) is 0 Å². The van der Waals surface area contributed by atoms with Gasteiger partial charge < -0.3 is 10.6 Å². The Morgan fingerprint density at radius 2 is 1.50 bits per heavy atom. The van der Waals surface area contributed by atoms with Gasteiger partial charge in [0.25, 0.3) is 0 Å². The maximum atomic E-state index is 13.1. The lowest BCUT2D eigenvalue weighted by Gasteiger charge is -2.25. The highest BCUT2D eigenvalue weighted by atomic mass is 127. The van der Waals surface area contributed by atoms with E-state index in [4.69, 9.17) is 0 Å². The molecule has 3 rings (SSSR count). The molecule has 2 aromatic rings. The van der Waals surface area contributed by atoms with Crippen molar-refractivity contribution in [3.8, 4) is 0 Å². The van der Waals surface area contributed by atoms with Crippen molar-refractivity contribution >= 4 is 45.8 Å². The Hall–Kier alpha value is -1.93. The molecule has 124 valence electrons. The van der Waals surface area contributed by atoms with Gasteiger partial charge in [-0.05, 0) is 18.6 Å². The van der Waals surface area contributed by atoms with Gasteiger partial charge in [0.2, 0.25) is 0 Å². The third kappa shape index (κ3) is 2.69. The number of hydrogen-bond acceptors (Lipinski definition) is 5. The molecule has 0 fully saturated rings. The van der Waals surface area contributed by atoms with E-state index >= 15 is 0 Å². The molecule has 0 saturated heterocycles. The molecule has 1 aliphatic rings. The largest absolute Gasteiger partial charge is 0.388 e. The van der Waals surface area contributed by atoms with Crippen LogP contribution in [0.2, 0.25) is 0 Å². The van der Waals surface area contributed by atoms with Gasteiger partial charge in [-0.3, -0.25) is 9.59 Å². The number of carbonyl (C=O) groups is 2. The van der Waals surface area contributed by atoms with Crippen molar-refractivity contribution in [1.82, 2.24) is 3.53 Å². The highest BCUT2D eigenvalue weighted by Crippen LogP contribution is 2.36. The number of ketones is 2. The van der Waals surface area contributed by atoms with E-state index in [0.29, 0.717) is 33.6 Å². The first-order chi connectivity index (χ1) is 11.6. The smallest absolute Gasteiger partial charge is 0.196 e. The number of halogens is 1. The minimum absolute atomic E-state index is 0.00945. The first-order valence-corrected chi connectivity index (χ1v) is 8.86. The fourth-order valence-electron chi connectivity index (χ4n) is 2.95. The number of fused-ring (bicyclic) bond motifs is 2. The number of hydrogen-bond donors (Lipinski definition) is 3. The summed E-state index contributed by atoms with van der Waals surface area (Å²) in [6, 6.07) is 10.7. The molecule has 24 heavy (non-hydrogen) atoms. The highest BCUT2D eigenvalue weighted by Gasteiger charge is 2.33. The van der Waals surface area contributed by atoms with Crippen LogP contribution < -0.4 is 14.2 Å². The third-order valence-electron chi connectivity index (χ3n) is 4.21. The van der Waals surface area contributed by atoms with Gasteiger partial charge in [-0.25, -0.2) is 3.53 Å². The van der Waals surface area contributed by atoms with Gasteiger partial charge >= 0.3 is 0 Å². The van der Waals surface area contributed by atoms with Crippen LogP contribution in [0.15, 0.2) is 36.4 Å². The number of nitrogens with one attached hydrogen (secondary N) is 3. The van der Waals surface area contributed by atoms with Crippen molar-refractivity contribution in [2.45, 2.75) is 19.5 Å². The Balaban J connectivity index is 2.21. The van der Waals surface area contributed by atoms with Crippen molar-refractivity contribution in [1.29, 1.82) is 0 Å². The summed E-state index contributed by atoms with van der Waals surface area (Å²) in [6.07, 6.45) is 0.847. The minimum atomic E-state index is -0.122. The molecule has 0 amide bonds. The van der Waals surface area contributed by atoms with Crippen molar-refractivity contribution in [2.75, 3.05) is 17.7 Å². The zero-order valence-electron chi connectivity index (χ0n) is 13.4. The molecular weight excluding hydrogens is 417 g/mol. The maximum absolute atomic E-state index is 13.1. The number of rotatable bonds is 5. The van der Waals surface area contributed by atoms with E-state index in [-0.39, 0.29) is 17.7 Å². The quantitative estimate of drug-likeness (QED) is 0.325. The molecule has 3 N–H and O–H groups in total. The van der Waals surface area contributed by atoms with E-state index in [1.165, 1.54) is 0 Å². The predicted molar refractivity (Wildman–Crippen MR) is 104 cm³/mol. The molecule has 0 saturated carbocycles. The molecule has 0 heterocycles. The van der Waals surface area contributed by atoms with Crippen LogP contribution in [-0.4, -0.2) is 24.8 Å². The maximum Gasteiger partial charge on any atom is 0.196 e. The zero-order chi connectivity index (χ0) is 17.3. The van der Waals surface area contributed by atoms with Gasteiger partial charge in [0.05, 0.1) is 17.3 Å². The van der Waals surface area contributed by atoms with E-state index in [0.717, 1.165) is 6.42 Å². The minimum Gasteiger partial charge on any atom is -0.388 e. The fraction of sp³-hybridized carbons (Fsp3) is 0.222. The summed E-state index contributed by atoms with van der Waals surface area (Å²) in [7, 11) is 1.75. The lowest BCUT2D eigenvalue weighted by atomic mass is 9.82. The van der Waals surface area contributed by atoms with Crippen LogP contribution in [-0.2, 0) is 0 Å². The van der Waals surface area contributed by atoms with Crippen molar-refractivity contribution in [3.05, 3.63) is 58.7 Å². The molecule has 2 aromatic carbocycles. The lowest BCUT2D eigenvalue weighted by Crippen LogP contribution is -2.31. The van der Waals surface area contributed by atoms with Crippen LogP contribution in [0.25, 0.3) is 0 Å². The molecule has 0 aromatic heterocycles. The Morgan fingerprint density at radius 3 is 2.00 bits per heavy atom. The van der Waals surface area contributed by atoms with Gasteiger partial charge in [-0.2, -0.15) is 0 Å². The Bertz CT molecular complexity index is 816. The second-order valence-electron chi connectivity index (χ2n) is 5.58. The summed E-state index contributed by atoms with van der Waals surface area (Å²) in [6.45, 7) is 2.04. The van der Waals surface area contributed by atoms with E-state index in [1.54, 1.807) is 31.3 Å². The molecule has 1 atom stereocenters. The van der Waals surface area contributed by atoms with Gasteiger partial charge in [0, 0.05) is 52.4 Å². The molecule has 0 spiro atoms. The second kappa shape index (κ2) is 6.90. The monoisotopic (exact) mass is 435 g/mol. The predicted octanol–water partition coefficient (Wildman–Crippen LogP) is 3.59. The number of anilines is 2. The standard InChI is InChI=1S/C18H18IN3O2/c1-3-14(22-19)21-13-9-8-12(20-2)15-16(13)18(24)11-7-5-4-6-10(11)17(15)23/h4-9,14,20-22H,3H2,1-2H3. The van der Waals surface area contributed by atoms with Crippen molar-refractivity contribution < 1.29 is 9.59 Å². The van der Waals surface area contributed by atoms with Crippen LogP contribution in [0.4, 0.5) is 11.4 Å². The summed E-state index contributed by atoms with van der Waals surface area (Å²) in [5.74, 6) is -0.244. The third-order valence-corrected chi connectivity index (χ3v) is 4.97. The van der Waals surface area contributed by atoms with Crippen molar-refractivity contribution in [3.63, 3.8) is 0 Å². The fourth-order valence-corrected chi connectivity index (χ4v) is 3.54. The summed E-state index contributed by atoms with van der Waals surface area (Å²) in [5.41, 5.74) is 3.14. The normalized spacial score (nSPS) is 14.0. The van der Waals surface area contributed by atoms with Gasteiger partial charge in [-0.15, -0.1) is 0 Å². The van der Waals surface area contributed by atoms with E-state index in [9.17, 15) is 9.59 Å². The van der Waals surface area contributed by atoms with Gasteiger partial charge in [-0.1, -0.05) is 31.2 Å². The van der Waals surface area contributed by atoms with Crippen LogP contribution in [0.3, 0.4) is 0 Å². The lowest BCUT2D eigenvalue weighted by molar-refractivity contribution is 0.0980. The molecular formula is C18H18IN3O2. The van der Waals surface area contributed by atoms with Gasteiger partial charge in [0.15, 0.2) is 11.6 Å². The molecule has 6 heteroatoms. The molecule has 0 bridgehead atoms. The average Bonchev–Trinajstić information content (AvgIpc) is 2.63.